The lowest BCUT2D eigenvalue weighted by Gasteiger charge is -2.28. The Hall–Kier alpha value is -6.06. The second kappa shape index (κ2) is 12.0. The van der Waals surface area contributed by atoms with Crippen molar-refractivity contribution in [1.82, 2.24) is 0 Å². The molecule has 10 rings (SSSR count). The molecule has 2 heterocycles. The van der Waals surface area contributed by atoms with Crippen LogP contribution in [0, 0.1) is 0 Å². The summed E-state index contributed by atoms with van der Waals surface area (Å²) in [5.41, 5.74) is 16.8. The third kappa shape index (κ3) is 5.17. The van der Waals surface area contributed by atoms with Crippen LogP contribution in [0.3, 0.4) is 0 Å². The second-order valence-corrected chi connectivity index (χ2v) is 18.2. The zero-order valence-corrected chi connectivity index (χ0v) is 33.5. The van der Waals surface area contributed by atoms with Crippen LogP contribution in [0.15, 0.2) is 148 Å². The molecule has 0 aliphatic heterocycles. The smallest absolute Gasteiger partial charge is 0.143 e. The van der Waals surface area contributed by atoms with Gasteiger partial charge in [-0.05, 0) is 92.7 Å². The molecule has 0 saturated heterocycles. The number of hydrogen-bond donors (Lipinski definition) is 0. The van der Waals surface area contributed by atoms with Crippen molar-refractivity contribution in [2.24, 2.45) is 0 Å². The molecule has 0 saturated carbocycles. The molecule has 0 bridgehead atoms. The fraction of sp³-hybridized carbons (Fsp3) is 0.208. The number of furan rings is 2. The predicted octanol–water partition coefficient (Wildman–Crippen LogP) is 15.5. The van der Waals surface area contributed by atoms with Gasteiger partial charge >= 0.3 is 0 Å². The van der Waals surface area contributed by atoms with Crippen molar-refractivity contribution >= 4 is 60.9 Å². The Labute approximate surface area is 329 Å². The van der Waals surface area contributed by atoms with Gasteiger partial charge < -0.3 is 13.7 Å². The maximum atomic E-state index is 6.89. The van der Waals surface area contributed by atoms with Gasteiger partial charge in [-0.3, -0.25) is 0 Å². The van der Waals surface area contributed by atoms with Crippen molar-refractivity contribution in [3.8, 4) is 22.3 Å². The average molecular weight is 730 g/mol. The summed E-state index contributed by atoms with van der Waals surface area (Å²) in [4.78, 5) is 2.43. The fourth-order valence-electron chi connectivity index (χ4n) is 9.13. The van der Waals surface area contributed by atoms with Crippen LogP contribution in [0.5, 0.6) is 0 Å². The van der Waals surface area contributed by atoms with Crippen LogP contribution in [0.1, 0.15) is 77.6 Å². The number of hydrogen-bond acceptors (Lipinski definition) is 3. The zero-order chi connectivity index (χ0) is 38.7. The molecule has 1 aliphatic rings. The maximum absolute atomic E-state index is 6.89. The molecule has 276 valence electrons. The summed E-state index contributed by atoms with van der Waals surface area (Å²) in [5, 5.41) is 4.54. The number of nitrogens with zero attached hydrogens (tertiary/aromatic N) is 1. The van der Waals surface area contributed by atoms with Crippen LogP contribution in [-0.4, -0.2) is 0 Å². The molecule has 7 aromatic carbocycles. The van der Waals surface area contributed by atoms with E-state index in [9.17, 15) is 0 Å². The Morgan fingerprint density at radius 2 is 1.12 bits per heavy atom. The third-order valence-electron chi connectivity index (χ3n) is 12.2. The quantitative estimate of drug-likeness (QED) is 0.181. The van der Waals surface area contributed by atoms with Gasteiger partial charge in [-0.2, -0.15) is 0 Å². The minimum absolute atomic E-state index is 0.0366. The summed E-state index contributed by atoms with van der Waals surface area (Å²) in [5.74, 6) is 0. The first kappa shape index (κ1) is 34.4. The first-order valence-electron chi connectivity index (χ1n) is 19.8. The van der Waals surface area contributed by atoms with E-state index in [0.29, 0.717) is 0 Å². The van der Waals surface area contributed by atoms with Gasteiger partial charge in [0.25, 0.3) is 0 Å². The molecule has 3 heteroatoms. The van der Waals surface area contributed by atoms with Gasteiger partial charge in [0.1, 0.15) is 22.3 Å². The molecule has 0 atom stereocenters. The first-order valence-corrected chi connectivity index (χ1v) is 19.8. The lowest BCUT2D eigenvalue weighted by molar-refractivity contribution is 0.559. The molecule has 0 fully saturated rings. The van der Waals surface area contributed by atoms with Crippen molar-refractivity contribution in [3.63, 3.8) is 0 Å². The number of fused-ring (bicyclic) bond motifs is 9. The molecular weight excluding hydrogens is 683 g/mol. The number of para-hydroxylation sites is 2. The van der Waals surface area contributed by atoms with E-state index in [-0.39, 0.29) is 16.2 Å². The van der Waals surface area contributed by atoms with E-state index in [1.165, 1.54) is 33.4 Å². The lowest BCUT2D eigenvalue weighted by atomic mass is 9.79. The van der Waals surface area contributed by atoms with E-state index in [1.807, 2.05) is 12.1 Å². The molecule has 0 amide bonds. The summed E-state index contributed by atoms with van der Waals surface area (Å²) in [6.07, 6.45) is 0. The molecule has 56 heavy (non-hydrogen) atoms. The average Bonchev–Trinajstić information content (AvgIpc) is 3.82. The van der Waals surface area contributed by atoms with E-state index >= 15 is 0 Å². The van der Waals surface area contributed by atoms with E-state index in [1.54, 1.807) is 0 Å². The maximum Gasteiger partial charge on any atom is 0.143 e. The second-order valence-electron chi connectivity index (χ2n) is 18.2. The molecular formula is C53H47NO2. The topological polar surface area (TPSA) is 29.5 Å². The van der Waals surface area contributed by atoms with Crippen molar-refractivity contribution in [1.29, 1.82) is 0 Å². The fourth-order valence-corrected chi connectivity index (χ4v) is 9.13. The monoisotopic (exact) mass is 729 g/mol. The summed E-state index contributed by atoms with van der Waals surface area (Å²) in [6, 6.07) is 50.9. The van der Waals surface area contributed by atoms with Crippen molar-refractivity contribution in [2.45, 2.75) is 71.6 Å². The molecule has 3 nitrogen and oxygen atoms in total. The highest BCUT2D eigenvalue weighted by Crippen LogP contribution is 2.52. The van der Waals surface area contributed by atoms with Crippen molar-refractivity contribution < 1.29 is 8.83 Å². The number of anilines is 3. The number of benzene rings is 7. The van der Waals surface area contributed by atoms with Crippen LogP contribution in [0.2, 0.25) is 0 Å². The minimum Gasteiger partial charge on any atom is -0.456 e. The Morgan fingerprint density at radius 3 is 1.91 bits per heavy atom. The van der Waals surface area contributed by atoms with Gasteiger partial charge in [-0.1, -0.05) is 146 Å². The highest BCUT2D eigenvalue weighted by atomic mass is 16.3. The standard InChI is InChI=1S/C53H47NO2/c1-51(2,3)33-29-41-48-45(20-14-22-47(48)56-50(41)44(30-33)52(4,5)6)54(35-27-28-43-40(31-35)37-15-9-11-19-42(37)53(43,7)8)34-25-23-32(24-26-34)36-17-13-18-39-38-16-10-12-21-46(38)55-49(36)39/h9-31H,1-8H3. The SMILES string of the molecule is CC(C)(C)c1cc(C(C)(C)C)c2oc3cccc(N(c4ccc(-c5cccc6c5oc5ccccc56)cc4)c4ccc5c(c4)-c4ccccc4C5(C)C)c3c2c1. The summed E-state index contributed by atoms with van der Waals surface area (Å²) in [6.45, 7) is 18.4. The molecule has 9 aromatic rings. The Morgan fingerprint density at radius 1 is 0.482 bits per heavy atom. The largest absolute Gasteiger partial charge is 0.456 e. The minimum atomic E-state index is -0.105. The summed E-state index contributed by atoms with van der Waals surface area (Å²) < 4.78 is 13.4. The molecule has 0 radical (unpaired) electrons. The lowest BCUT2D eigenvalue weighted by Crippen LogP contribution is -2.16. The summed E-state index contributed by atoms with van der Waals surface area (Å²) >= 11 is 0. The van der Waals surface area contributed by atoms with Crippen LogP contribution in [-0.2, 0) is 16.2 Å². The Kier molecular flexibility index (Phi) is 7.36. The van der Waals surface area contributed by atoms with Gasteiger partial charge in [0.15, 0.2) is 0 Å². The highest BCUT2D eigenvalue weighted by Gasteiger charge is 2.36. The van der Waals surface area contributed by atoms with Crippen LogP contribution < -0.4 is 4.90 Å². The van der Waals surface area contributed by atoms with E-state index in [0.717, 1.165) is 72.1 Å². The number of rotatable bonds is 4. The van der Waals surface area contributed by atoms with Gasteiger partial charge in [-0.15, -0.1) is 0 Å². The van der Waals surface area contributed by atoms with Crippen molar-refractivity contribution in [2.75, 3.05) is 4.90 Å². The van der Waals surface area contributed by atoms with Crippen LogP contribution >= 0.6 is 0 Å². The highest BCUT2D eigenvalue weighted by molar-refractivity contribution is 6.15. The summed E-state index contributed by atoms with van der Waals surface area (Å²) in [7, 11) is 0. The van der Waals surface area contributed by atoms with E-state index in [2.05, 4.69) is 188 Å². The normalized spacial score (nSPS) is 13.9. The molecule has 0 unspecified atom stereocenters. The van der Waals surface area contributed by atoms with Gasteiger partial charge in [0.2, 0.25) is 0 Å². The van der Waals surface area contributed by atoms with Crippen molar-refractivity contribution in [3.05, 3.63) is 162 Å². The van der Waals surface area contributed by atoms with Crippen LogP contribution in [0.25, 0.3) is 66.1 Å². The Bertz CT molecular complexity index is 3010. The molecule has 0 N–H and O–H groups in total. The van der Waals surface area contributed by atoms with Crippen LogP contribution in [0.4, 0.5) is 17.1 Å². The van der Waals surface area contributed by atoms with Gasteiger partial charge in [-0.25, -0.2) is 0 Å². The molecule has 1 aliphatic carbocycles. The van der Waals surface area contributed by atoms with Gasteiger partial charge in [0, 0.05) is 44.1 Å². The zero-order valence-electron chi connectivity index (χ0n) is 33.5. The molecule has 0 spiro atoms. The predicted molar refractivity (Wildman–Crippen MR) is 236 cm³/mol. The van der Waals surface area contributed by atoms with E-state index in [4.69, 9.17) is 8.83 Å². The Balaban J connectivity index is 1.22. The third-order valence-corrected chi connectivity index (χ3v) is 12.2. The van der Waals surface area contributed by atoms with Gasteiger partial charge in [0.05, 0.1) is 11.1 Å². The molecule has 2 aromatic heterocycles. The first-order chi connectivity index (χ1) is 26.8. The van der Waals surface area contributed by atoms with E-state index < -0.39 is 0 Å².